The number of rotatable bonds is 7. The summed E-state index contributed by atoms with van der Waals surface area (Å²) in [4.78, 5) is 17.2. The molecule has 0 aliphatic carbocycles. The molecule has 0 spiro atoms. The molecule has 0 unspecified atom stereocenters. The molecule has 5 nitrogen and oxygen atoms in total. The summed E-state index contributed by atoms with van der Waals surface area (Å²) in [6.45, 7) is 1.39. The number of nitrogens with one attached hydrogen (secondary N) is 1. The minimum atomic E-state index is -0.146. The van der Waals surface area contributed by atoms with Crippen LogP contribution in [0.15, 0.2) is 77.3 Å². The van der Waals surface area contributed by atoms with Gasteiger partial charge >= 0.3 is 0 Å². The molecule has 1 amide bonds. The highest BCUT2D eigenvalue weighted by Crippen LogP contribution is 2.18. The van der Waals surface area contributed by atoms with Crippen LogP contribution in [0.4, 0.5) is 0 Å². The molecule has 4 aromatic rings. The van der Waals surface area contributed by atoms with Crippen molar-refractivity contribution in [2.75, 3.05) is 6.61 Å². The molecule has 1 N–H and O–H groups in total. The van der Waals surface area contributed by atoms with Gasteiger partial charge in [-0.1, -0.05) is 45.7 Å². The lowest BCUT2D eigenvalue weighted by molar-refractivity contribution is 0.0949. The van der Waals surface area contributed by atoms with E-state index in [2.05, 4.69) is 25.8 Å². The van der Waals surface area contributed by atoms with Gasteiger partial charge in [0.15, 0.2) is 0 Å². The van der Waals surface area contributed by atoms with Crippen LogP contribution in [0.5, 0.6) is 5.75 Å². The Kier molecular flexibility index (Phi) is 6.35. The monoisotopic (exact) mass is 483 g/mol. The number of carbonyl (C=O) groups is 1. The molecule has 1 aromatic heterocycles. The fourth-order valence-corrected chi connectivity index (χ4v) is 3.71. The maximum absolute atomic E-state index is 12.5. The van der Waals surface area contributed by atoms with Crippen molar-refractivity contribution in [1.82, 2.24) is 14.9 Å². The van der Waals surface area contributed by atoms with Crippen molar-refractivity contribution >= 4 is 44.5 Å². The van der Waals surface area contributed by atoms with Crippen LogP contribution in [-0.2, 0) is 13.1 Å². The van der Waals surface area contributed by atoms with Crippen molar-refractivity contribution in [3.8, 4) is 5.75 Å². The Labute approximate surface area is 187 Å². The lowest BCUT2D eigenvalue weighted by Gasteiger charge is -2.12. The number of imidazole rings is 1. The van der Waals surface area contributed by atoms with E-state index in [1.807, 2.05) is 48.5 Å². The second kappa shape index (κ2) is 9.32. The zero-order chi connectivity index (χ0) is 20.9. The summed E-state index contributed by atoms with van der Waals surface area (Å²) < 4.78 is 8.79. The number of benzene rings is 3. The molecule has 1 heterocycles. The van der Waals surface area contributed by atoms with Gasteiger partial charge in [-0.05, 0) is 54.6 Å². The first kappa shape index (κ1) is 20.4. The SMILES string of the molecule is O=C(NCc1nc2ccccc2n1CCOc1ccc(Cl)cc1)c1cccc(Br)c1. The summed E-state index contributed by atoms with van der Waals surface area (Å²) in [6.07, 6.45) is 0. The van der Waals surface area contributed by atoms with Crippen LogP contribution in [0.2, 0.25) is 5.02 Å². The number of ether oxygens (including phenoxy) is 1. The summed E-state index contributed by atoms with van der Waals surface area (Å²) in [7, 11) is 0. The van der Waals surface area contributed by atoms with E-state index in [0.29, 0.717) is 30.3 Å². The van der Waals surface area contributed by atoms with E-state index < -0.39 is 0 Å². The Morgan fingerprint density at radius 1 is 1.07 bits per heavy atom. The maximum Gasteiger partial charge on any atom is 0.251 e. The molecule has 0 aliphatic rings. The lowest BCUT2D eigenvalue weighted by atomic mass is 10.2. The van der Waals surface area contributed by atoms with Gasteiger partial charge < -0.3 is 14.6 Å². The predicted molar refractivity (Wildman–Crippen MR) is 122 cm³/mol. The van der Waals surface area contributed by atoms with Gasteiger partial charge in [0.25, 0.3) is 5.91 Å². The fraction of sp³-hybridized carbons (Fsp3) is 0.130. The summed E-state index contributed by atoms with van der Waals surface area (Å²) >= 11 is 9.32. The molecule has 7 heteroatoms. The highest BCUT2D eigenvalue weighted by Gasteiger charge is 2.13. The first-order chi connectivity index (χ1) is 14.6. The highest BCUT2D eigenvalue weighted by atomic mass is 79.9. The van der Waals surface area contributed by atoms with Crippen molar-refractivity contribution in [3.05, 3.63) is 93.7 Å². The number of carbonyl (C=O) groups excluding carboxylic acids is 1. The third kappa shape index (κ3) is 4.83. The average Bonchev–Trinajstić information content (AvgIpc) is 3.11. The minimum Gasteiger partial charge on any atom is -0.492 e. The largest absolute Gasteiger partial charge is 0.492 e. The molecule has 30 heavy (non-hydrogen) atoms. The number of fused-ring (bicyclic) bond motifs is 1. The molecule has 4 rings (SSSR count). The molecule has 0 saturated heterocycles. The van der Waals surface area contributed by atoms with E-state index in [0.717, 1.165) is 27.1 Å². The average molecular weight is 485 g/mol. The number of nitrogens with zero attached hydrogens (tertiary/aromatic N) is 2. The van der Waals surface area contributed by atoms with Gasteiger partial charge in [-0.3, -0.25) is 4.79 Å². The topological polar surface area (TPSA) is 56.2 Å². The zero-order valence-corrected chi connectivity index (χ0v) is 18.4. The third-order valence-corrected chi connectivity index (χ3v) is 5.37. The summed E-state index contributed by atoms with van der Waals surface area (Å²) in [5.74, 6) is 1.39. The van der Waals surface area contributed by atoms with Crippen LogP contribution in [0.1, 0.15) is 16.2 Å². The Balaban J connectivity index is 1.48. The van der Waals surface area contributed by atoms with Crippen LogP contribution in [-0.4, -0.2) is 22.1 Å². The van der Waals surface area contributed by atoms with Gasteiger partial charge in [-0.15, -0.1) is 0 Å². The van der Waals surface area contributed by atoms with Crippen molar-refractivity contribution in [3.63, 3.8) is 0 Å². The van der Waals surface area contributed by atoms with E-state index in [1.54, 1.807) is 24.3 Å². The molecular formula is C23H19BrClN3O2. The van der Waals surface area contributed by atoms with E-state index in [-0.39, 0.29) is 5.91 Å². The maximum atomic E-state index is 12.5. The van der Waals surface area contributed by atoms with E-state index in [1.165, 1.54) is 0 Å². The van der Waals surface area contributed by atoms with E-state index >= 15 is 0 Å². The number of hydrogen-bond acceptors (Lipinski definition) is 3. The van der Waals surface area contributed by atoms with Crippen molar-refractivity contribution in [2.45, 2.75) is 13.1 Å². The number of halogens is 2. The summed E-state index contributed by atoms with van der Waals surface area (Å²) in [5.41, 5.74) is 2.48. The van der Waals surface area contributed by atoms with Crippen molar-refractivity contribution < 1.29 is 9.53 Å². The van der Waals surface area contributed by atoms with E-state index in [4.69, 9.17) is 21.3 Å². The molecule has 0 atom stereocenters. The van der Waals surface area contributed by atoms with Gasteiger partial charge in [-0.2, -0.15) is 0 Å². The van der Waals surface area contributed by atoms with Crippen LogP contribution in [0.25, 0.3) is 11.0 Å². The van der Waals surface area contributed by atoms with Gasteiger partial charge in [0.05, 0.1) is 24.1 Å². The van der Waals surface area contributed by atoms with Crippen LogP contribution in [0, 0.1) is 0 Å². The molecule has 0 radical (unpaired) electrons. The van der Waals surface area contributed by atoms with Crippen molar-refractivity contribution in [2.24, 2.45) is 0 Å². The van der Waals surface area contributed by atoms with Gasteiger partial charge in [0, 0.05) is 15.1 Å². The van der Waals surface area contributed by atoms with Gasteiger partial charge in [-0.25, -0.2) is 4.98 Å². The highest BCUT2D eigenvalue weighted by molar-refractivity contribution is 9.10. The zero-order valence-electron chi connectivity index (χ0n) is 16.0. The van der Waals surface area contributed by atoms with Crippen LogP contribution < -0.4 is 10.1 Å². The Bertz CT molecular complexity index is 1170. The predicted octanol–water partition coefficient (Wildman–Crippen LogP) is 5.46. The third-order valence-electron chi connectivity index (χ3n) is 4.62. The molecule has 0 aliphatic heterocycles. The molecular weight excluding hydrogens is 466 g/mol. The van der Waals surface area contributed by atoms with Crippen molar-refractivity contribution in [1.29, 1.82) is 0 Å². The molecule has 3 aromatic carbocycles. The van der Waals surface area contributed by atoms with Gasteiger partial charge in [0.1, 0.15) is 18.2 Å². The summed E-state index contributed by atoms with van der Waals surface area (Å²) in [6, 6.07) is 22.5. The lowest BCUT2D eigenvalue weighted by Crippen LogP contribution is -2.25. The molecule has 152 valence electrons. The quantitative estimate of drug-likeness (QED) is 0.379. The van der Waals surface area contributed by atoms with Crippen LogP contribution in [0.3, 0.4) is 0 Å². The number of para-hydroxylation sites is 2. The Morgan fingerprint density at radius 2 is 1.87 bits per heavy atom. The fourth-order valence-electron chi connectivity index (χ4n) is 3.19. The van der Waals surface area contributed by atoms with Crippen LogP contribution >= 0.6 is 27.5 Å². The van der Waals surface area contributed by atoms with Gasteiger partial charge in [0.2, 0.25) is 0 Å². The standard InChI is InChI=1S/C23H19BrClN3O2/c24-17-5-3-4-16(14-17)23(29)26-15-22-27-20-6-1-2-7-21(20)28(22)12-13-30-19-10-8-18(25)9-11-19/h1-11,14H,12-13,15H2,(H,26,29). The number of hydrogen-bond donors (Lipinski definition) is 1. The van der Waals surface area contributed by atoms with E-state index in [9.17, 15) is 4.79 Å². The first-order valence-corrected chi connectivity index (χ1v) is 10.6. The minimum absolute atomic E-state index is 0.146. The number of aromatic nitrogens is 2. The smallest absolute Gasteiger partial charge is 0.251 e. The number of amides is 1. The first-order valence-electron chi connectivity index (χ1n) is 9.46. The molecule has 0 fully saturated rings. The Hall–Kier alpha value is -2.83. The second-order valence-electron chi connectivity index (χ2n) is 6.66. The normalized spacial score (nSPS) is 10.9. The second-order valence-corrected chi connectivity index (χ2v) is 8.02. The molecule has 0 saturated carbocycles. The Morgan fingerprint density at radius 3 is 2.67 bits per heavy atom. The molecule has 0 bridgehead atoms. The summed E-state index contributed by atoms with van der Waals surface area (Å²) in [5, 5.41) is 3.63.